The molecule has 0 rings (SSSR count). The van der Waals surface area contributed by atoms with Crippen molar-refractivity contribution in [3.05, 3.63) is 72.9 Å². The van der Waals surface area contributed by atoms with Crippen LogP contribution in [-0.4, -0.2) is 49.9 Å². The molecule has 0 amide bonds. The van der Waals surface area contributed by atoms with E-state index in [1.165, 1.54) is 103 Å². The molecule has 0 aliphatic carbocycles. The van der Waals surface area contributed by atoms with Gasteiger partial charge >= 0.3 is 13.8 Å². The summed E-state index contributed by atoms with van der Waals surface area (Å²) in [5.74, 6) is -0.458. The third kappa shape index (κ3) is 41.1. The van der Waals surface area contributed by atoms with Gasteiger partial charge in [-0.05, 0) is 64.2 Å². The van der Waals surface area contributed by atoms with Crippen molar-refractivity contribution in [3.8, 4) is 0 Å². The van der Waals surface area contributed by atoms with E-state index < -0.39 is 19.9 Å². The van der Waals surface area contributed by atoms with E-state index in [9.17, 15) is 14.3 Å². The van der Waals surface area contributed by atoms with Crippen molar-refractivity contribution in [2.75, 3.05) is 33.0 Å². The van der Waals surface area contributed by atoms with Crippen LogP contribution < -0.4 is 5.73 Å². The average Bonchev–Trinajstić information content (AvgIpc) is 3.16. The van der Waals surface area contributed by atoms with Crippen LogP contribution in [0.25, 0.3) is 0 Å². The van der Waals surface area contributed by atoms with Gasteiger partial charge in [0.2, 0.25) is 0 Å². The minimum Gasteiger partial charge on any atom is -0.457 e. The Balaban J connectivity index is 4.13. The molecule has 0 saturated heterocycles. The average molecular weight is 778 g/mol. The predicted octanol–water partition coefficient (Wildman–Crippen LogP) is 12.7. The maximum atomic E-state index is 12.5. The van der Waals surface area contributed by atoms with Crippen LogP contribution in [0.1, 0.15) is 168 Å². The molecule has 0 spiro atoms. The SMILES string of the molecule is CC/C=C\C/C=C\C/C=C\C/C=C\C/C=C\CC(=O)OC(COCCCCCCCCCCCC/C=C\CCCCCCCC)COP(=O)(O)OCCN. The van der Waals surface area contributed by atoms with Gasteiger partial charge in [-0.2, -0.15) is 0 Å². The standard InChI is InChI=1S/C45H80NO7P/c1-3-5-7-9-11-13-15-17-19-20-21-22-23-25-27-29-31-33-35-37-40-50-42-44(43-52-54(48,49)51-41-39-46)53-45(47)38-36-34-32-30-28-26-24-18-16-14-12-10-8-6-4-2/h6,8,12,14,17-19,24,28,30,34,36,44H,3-5,7,9-11,13,15-16,20-23,25-27,29,31-33,35,37-43,46H2,1-2H3,(H,48,49)/b8-6-,14-12-,19-17-,24-18-,30-28-,36-34-. The van der Waals surface area contributed by atoms with Crippen molar-refractivity contribution < 1.29 is 32.8 Å². The second-order valence-electron chi connectivity index (χ2n) is 13.8. The largest absolute Gasteiger partial charge is 0.472 e. The topological polar surface area (TPSA) is 117 Å². The Morgan fingerprint density at radius 2 is 1.04 bits per heavy atom. The fraction of sp³-hybridized carbons (Fsp3) is 0.711. The monoisotopic (exact) mass is 778 g/mol. The zero-order valence-electron chi connectivity index (χ0n) is 34.4. The third-order valence-electron chi connectivity index (χ3n) is 8.64. The Bertz CT molecular complexity index is 1050. The number of hydrogen-bond donors (Lipinski definition) is 2. The fourth-order valence-electron chi connectivity index (χ4n) is 5.54. The molecule has 0 aromatic rings. The highest BCUT2D eigenvalue weighted by Crippen LogP contribution is 2.43. The lowest BCUT2D eigenvalue weighted by Gasteiger charge is -2.19. The van der Waals surface area contributed by atoms with Gasteiger partial charge in [-0.25, -0.2) is 4.57 Å². The minimum absolute atomic E-state index is 0.0726. The van der Waals surface area contributed by atoms with Crippen molar-refractivity contribution in [2.24, 2.45) is 5.73 Å². The molecular formula is C45H80NO7P. The quantitative estimate of drug-likeness (QED) is 0.0273. The van der Waals surface area contributed by atoms with E-state index in [4.69, 9.17) is 24.3 Å². The molecule has 54 heavy (non-hydrogen) atoms. The molecule has 9 heteroatoms. The van der Waals surface area contributed by atoms with E-state index in [0.717, 1.165) is 38.5 Å². The summed E-state index contributed by atoms with van der Waals surface area (Å²) in [5.41, 5.74) is 5.36. The molecule has 0 aliphatic rings. The molecule has 312 valence electrons. The molecule has 3 N–H and O–H groups in total. The van der Waals surface area contributed by atoms with Gasteiger partial charge in [0.15, 0.2) is 0 Å². The summed E-state index contributed by atoms with van der Waals surface area (Å²) in [6, 6.07) is 0. The highest BCUT2D eigenvalue weighted by molar-refractivity contribution is 7.47. The van der Waals surface area contributed by atoms with Gasteiger partial charge < -0.3 is 20.1 Å². The Morgan fingerprint density at radius 1 is 0.574 bits per heavy atom. The van der Waals surface area contributed by atoms with E-state index in [1.807, 2.05) is 6.08 Å². The number of rotatable bonds is 40. The second-order valence-corrected chi connectivity index (χ2v) is 15.3. The van der Waals surface area contributed by atoms with Gasteiger partial charge in [0, 0.05) is 13.2 Å². The zero-order valence-corrected chi connectivity index (χ0v) is 35.3. The van der Waals surface area contributed by atoms with Crippen LogP contribution in [0.5, 0.6) is 0 Å². The van der Waals surface area contributed by atoms with Crippen molar-refractivity contribution >= 4 is 13.8 Å². The summed E-state index contributed by atoms with van der Waals surface area (Å²) in [5, 5.41) is 0. The fourth-order valence-corrected chi connectivity index (χ4v) is 6.30. The van der Waals surface area contributed by atoms with Gasteiger partial charge in [0.25, 0.3) is 0 Å². The summed E-state index contributed by atoms with van der Waals surface area (Å²) in [6.07, 6.45) is 52.4. The Labute approximate surface area is 331 Å². The lowest BCUT2D eigenvalue weighted by molar-refractivity contribution is -0.153. The summed E-state index contributed by atoms with van der Waals surface area (Å²) < 4.78 is 33.3. The molecule has 2 atom stereocenters. The molecule has 0 heterocycles. The second kappa shape index (κ2) is 42.1. The Hall–Kier alpha value is -2.06. The van der Waals surface area contributed by atoms with E-state index in [-0.39, 0.29) is 32.8 Å². The number of carbonyl (C=O) groups is 1. The smallest absolute Gasteiger partial charge is 0.457 e. The van der Waals surface area contributed by atoms with E-state index in [0.29, 0.717) is 13.0 Å². The summed E-state index contributed by atoms with van der Waals surface area (Å²) in [7, 11) is -4.30. The van der Waals surface area contributed by atoms with Crippen LogP contribution in [0.2, 0.25) is 0 Å². The number of phosphoric acid groups is 1. The Morgan fingerprint density at radius 3 is 1.54 bits per heavy atom. The number of phosphoric ester groups is 1. The number of esters is 1. The summed E-state index contributed by atoms with van der Waals surface area (Å²) in [4.78, 5) is 22.4. The van der Waals surface area contributed by atoms with Crippen molar-refractivity contribution in [2.45, 2.75) is 174 Å². The third-order valence-corrected chi connectivity index (χ3v) is 9.62. The molecule has 2 unspecified atom stereocenters. The van der Waals surface area contributed by atoms with Crippen LogP contribution in [0, 0.1) is 0 Å². The van der Waals surface area contributed by atoms with Crippen LogP contribution in [0.3, 0.4) is 0 Å². The van der Waals surface area contributed by atoms with Crippen molar-refractivity contribution in [3.63, 3.8) is 0 Å². The van der Waals surface area contributed by atoms with Crippen LogP contribution in [0.4, 0.5) is 0 Å². The molecule has 0 aromatic carbocycles. The first-order valence-corrected chi connectivity index (χ1v) is 22.9. The number of unbranched alkanes of at least 4 members (excludes halogenated alkanes) is 16. The van der Waals surface area contributed by atoms with E-state index in [2.05, 4.69) is 74.6 Å². The normalized spacial score (nSPS) is 14.2. The molecule has 0 fully saturated rings. The number of allylic oxidation sites excluding steroid dienone is 11. The van der Waals surface area contributed by atoms with Crippen molar-refractivity contribution in [1.29, 1.82) is 0 Å². The highest BCUT2D eigenvalue weighted by Gasteiger charge is 2.25. The van der Waals surface area contributed by atoms with Crippen molar-refractivity contribution in [1.82, 2.24) is 0 Å². The van der Waals surface area contributed by atoms with Gasteiger partial charge in [-0.3, -0.25) is 13.8 Å². The predicted molar refractivity (Wildman–Crippen MR) is 228 cm³/mol. The van der Waals surface area contributed by atoms with E-state index >= 15 is 0 Å². The van der Waals surface area contributed by atoms with Crippen LogP contribution in [-0.2, 0) is 27.9 Å². The lowest BCUT2D eigenvalue weighted by Crippen LogP contribution is -2.28. The summed E-state index contributed by atoms with van der Waals surface area (Å²) >= 11 is 0. The maximum Gasteiger partial charge on any atom is 0.472 e. The highest BCUT2D eigenvalue weighted by atomic mass is 31.2. The molecule has 0 aromatic heterocycles. The first kappa shape index (κ1) is 51.9. The first-order chi connectivity index (χ1) is 26.4. The minimum atomic E-state index is -4.30. The van der Waals surface area contributed by atoms with Gasteiger partial charge in [-0.15, -0.1) is 0 Å². The van der Waals surface area contributed by atoms with Gasteiger partial charge in [0.05, 0.1) is 26.2 Å². The molecule has 0 saturated carbocycles. The Kier molecular flexibility index (Phi) is 40.5. The van der Waals surface area contributed by atoms with Gasteiger partial charge in [-0.1, -0.05) is 170 Å². The number of carbonyl (C=O) groups excluding carboxylic acids is 1. The molecule has 0 bridgehead atoms. The zero-order chi connectivity index (χ0) is 39.5. The number of hydrogen-bond acceptors (Lipinski definition) is 7. The van der Waals surface area contributed by atoms with Gasteiger partial charge in [0.1, 0.15) is 6.10 Å². The molecule has 0 radical (unpaired) electrons. The summed E-state index contributed by atoms with van der Waals surface area (Å²) in [6.45, 7) is 4.66. The molecular weight excluding hydrogens is 697 g/mol. The lowest BCUT2D eigenvalue weighted by atomic mass is 10.1. The van der Waals surface area contributed by atoms with Crippen LogP contribution >= 0.6 is 7.82 Å². The number of nitrogens with two attached hydrogens (primary N) is 1. The maximum absolute atomic E-state index is 12.5. The van der Waals surface area contributed by atoms with E-state index in [1.54, 1.807) is 6.08 Å². The molecule has 8 nitrogen and oxygen atoms in total. The first-order valence-electron chi connectivity index (χ1n) is 21.4. The molecule has 0 aliphatic heterocycles. The van der Waals surface area contributed by atoms with Crippen LogP contribution in [0.15, 0.2) is 72.9 Å². The number of ether oxygens (including phenoxy) is 2.